The van der Waals surface area contributed by atoms with Gasteiger partial charge in [0.05, 0.1) is 21.6 Å². The molecule has 2 aliphatic rings. The molecule has 11 heteroatoms. The molecule has 9 nitrogen and oxygen atoms in total. The van der Waals surface area contributed by atoms with Gasteiger partial charge in [-0.1, -0.05) is 42.5 Å². The Labute approximate surface area is 235 Å². The number of nitrogens with two attached hydrogens (primary N) is 2. The van der Waals surface area contributed by atoms with Crippen LogP contribution in [0.1, 0.15) is 41.0 Å². The fraction of sp³-hybridized carbons (Fsp3) is 0.393. The van der Waals surface area contributed by atoms with Crippen LogP contribution in [0.3, 0.4) is 0 Å². The Morgan fingerprint density at radius 3 is 2.64 bits per heavy atom. The summed E-state index contributed by atoms with van der Waals surface area (Å²) in [7, 11) is 0. The molecule has 3 heterocycles. The topological polar surface area (TPSA) is 144 Å². The second-order valence-electron chi connectivity index (χ2n) is 9.87. The van der Waals surface area contributed by atoms with Crippen LogP contribution in [0.25, 0.3) is 10.2 Å². The lowest BCUT2D eigenvalue weighted by Gasteiger charge is -2.37. The van der Waals surface area contributed by atoms with Crippen molar-refractivity contribution in [2.75, 3.05) is 12.3 Å². The molecule has 2 fully saturated rings. The van der Waals surface area contributed by atoms with Gasteiger partial charge in [0, 0.05) is 18.2 Å². The molecule has 2 aromatic carbocycles. The van der Waals surface area contributed by atoms with Gasteiger partial charge >= 0.3 is 0 Å². The van der Waals surface area contributed by atoms with Gasteiger partial charge in [0.2, 0.25) is 17.6 Å². The van der Waals surface area contributed by atoms with Crippen LogP contribution in [0, 0.1) is 5.92 Å². The molecule has 0 saturated carbocycles. The summed E-state index contributed by atoms with van der Waals surface area (Å²) in [5.41, 5.74) is 12.7. The molecule has 0 aliphatic carbocycles. The predicted molar refractivity (Wildman–Crippen MR) is 156 cm³/mol. The van der Waals surface area contributed by atoms with Crippen LogP contribution < -0.4 is 16.8 Å². The van der Waals surface area contributed by atoms with Gasteiger partial charge in [-0.3, -0.25) is 19.4 Å². The third-order valence-electron chi connectivity index (χ3n) is 7.17. The monoisotopic (exact) mass is 564 g/mol. The Balaban J connectivity index is 1.31. The molecule has 5 N–H and O–H groups in total. The number of aromatic nitrogens is 1. The maximum atomic E-state index is 13.6. The lowest BCUT2D eigenvalue weighted by atomic mass is 9.89. The molecule has 2 amide bonds. The highest BCUT2D eigenvalue weighted by atomic mass is 32.2. The third-order valence-corrected chi connectivity index (χ3v) is 9.58. The minimum Gasteiger partial charge on any atom is -0.370 e. The Hall–Kier alpha value is -3.44. The maximum Gasteiger partial charge on any atom is 0.244 e. The molecule has 0 spiro atoms. The number of para-hydroxylation sites is 1. The van der Waals surface area contributed by atoms with Gasteiger partial charge in [-0.2, -0.15) is 0 Å². The smallest absolute Gasteiger partial charge is 0.244 e. The number of piperidine rings is 1. The summed E-state index contributed by atoms with van der Waals surface area (Å²) in [5, 5.41) is 3.30. The lowest BCUT2D eigenvalue weighted by Crippen LogP contribution is -2.56. The number of hydrogen-bond donors (Lipinski definition) is 3. The highest BCUT2D eigenvalue weighted by Crippen LogP contribution is 2.39. The first kappa shape index (κ1) is 27.1. The molecule has 4 atom stereocenters. The summed E-state index contributed by atoms with van der Waals surface area (Å²) in [6.07, 6.45) is 3.17. The van der Waals surface area contributed by atoms with Crippen LogP contribution in [0.2, 0.25) is 0 Å². The van der Waals surface area contributed by atoms with E-state index in [1.807, 2.05) is 54.6 Å². The molecule has 2 aliphatic heterocycles. The van der Waals surface area contributed by atoms with Crippen molar-refractivity contribution < 1.29 is 14.4 Å². The lowest BCUT2D eigenvalue weighted by molar-refractivity contribution is -0.146. The molecular weight excluding hydrogens is 532 g/mol. The first-order chi connectivity index (χ1) is 18.9. The van der Waals surface area contributed by atoms with Crippen molar-refractivity contribution in [2.45, 2.75) is 49.6 Å². The van der Waals surface area contributed by atoms with Gasteiger partial charge in [0.25, 0.3) is 0 Å². The molecular formula is C28H32N6O3S2. The Bertz CT molecular complexity index is 1340. The van der Waals surface area contributed by atoms with Crippen molar-refractivity contribution in [1.82, 2.24) is 15.2 Å². The number of nitrogens with one attached hydrogen (secondary N) is 1. The summed E-state index contributed by atoms with van der Waals surface area (Å²) < 4.78 is 0.907. The van der Waals surface area contributed by atoms with Gasteiger partial charge in [-0.25, -0.2) is 4.98 Å². The molecule has 0 radical (unpaired) electrons. The van der Waals surface area contributed by atoms with Gasteiger partial charge in [0.15, 0.2) is 11.0 Å². The first-order valence-corrected chi connectivity index (χ1v) is 15.0. The SMILES string of the molecule is NC(N)=NCCCC(NC(=O)[C@@H]1CS[C@H]2CC[C@H](Cc3ccccc3)C(=O)N21)C(=O)c1nc2ccccc2s1. The van der Waals surface area contributed by atoms with E-state index in [1.54, 1.807) is 16.7 Å². The van der Waals surface area contributed by atoms with E-state index < -0.39 is 12.1 Å². The summed E-state index contributed by atoms with van der Waals surface area (Å²) in [4.78, 5) is 51.0. The number of benzene rings is 2. The zero-order valence-electron chi connectivity index (χ0n) is 21.5. The molecule has 0 bridgehead atoms. The number of aliphatic imine (C=N–C) groups is 1. The van der Waals surface area contributed by atoms with E-state index in [4.69, 9.17) is 11.5 Å². The van der Waals surface area contributed by atoms with Crippen LogP contribution in [0.5, 0.6) is 0 Å². The van der Waals surface area contributed by atoms with E-state index in [-0.39, 0.29) is 34.8 Å². The largest absolute Gasteiger partial charge is 0.370 e. The van der Waals surface area contributed by atoms with Crippen molar-refractivity contribution in [2.24, 2.45) is 22.4 Å². The highest BCUT2D eigenvalue weighted by Gasteiger charge is 2.47. The van der Waals surface area contributed by atoms with Crippen molar-refractivity contribution >= 4 is 56.9 Å². The summed E-state index contributed by atoms with van der Waals surface area (Å²) >= 11 is 2.95. The van der Waals surface area contributed by atoms with Crippen LogP contribution in [-0.4, -0.2) is 63.2 Å². The number of carbonyl (C=O) groups excluding carboxylic acids is 3. The predicted octanol–water partition coefficient (Wildman–Crippen LogP) is 2.94. The van der Waals surface area contributed by atoms with Gasteiger partial charge < -0.3 is 21.7 Å². The fourth-order valence-corrected chi connectivity index (χ4v) is 7.61. The van der Waals surface area contributed by atoms with Crippen LogP contribution in [0.15, 0.2) is 59.6 Å². The number of carbonyl (C=O) groups is 3. The summed E-state index contributed by atoms with van der Waals surface area (Å²) in [5.74, 6) is -0.199. The Kier molecular flexibility index (Phi) is 8.47. The molecule has 204 valence electrons. The quantitative estimate of drug-likeness (QED) is 0.149. The number of rotatable bonds is 10. The molecule has 2 saturated heterocycles. The third kappa shape index (κ3) is 6.25. The average Bonchev–Trinajstić information content (AvgIpc) is 3.57. The van der Waals surface area contributed by atoms with E-state index in [2.05, 4.69) is 15.3 Å². The van der Waals surface area contributed by atoms with Crippen LogP contribution >= 0.6 is 23.1 Å². The molecule has 39 heavy (non-hydrogen) atoms. The molecule has 3 aromatic rings. The van der Waals surface area contributed by atoms with Crippen molar-refractivity contribution in [3.8, 4) is 0 Å². The zero-order chi connectivity index (χ0) is 27.4. The number of fused-ring (bicyclic) bond motifs is 2. The second-order valence-corrected chi connectivity index (χ2v) is 12.1. The fourth-order valence-electron chi connectivity index (χ4n) is 5.22. The van der Waals surface area contributed by atoms with Gasteiger partial charge in [-0.15, -0.1) is 23.1 Å². The van der Waals surface area contributed by atoms with Crippen molar-refractivity contribution in [1.29, 1.82) is 0 Å². The Morgan fingerprint density at radius 1 is 1.10 bits per heavy atom. The number of thioether (sulfide) groups is 1. The van der Waals surface area contributed by atoms with Crippen LogP contribution in [-0.2, 0) is 16.0 Å². The standard InChI is InChI=1S/C28H32N6O3S2/c29-28(30)31-14-6-10-20(24(35)26-33-19-9-4-5-11-22(19)39-26)32-25(36)21-16-38-23-13-12-18(27(37)34(21)23)15-17-7-2-1-3-8-17/h1-5,7-9,11,18,20-21,23H,6,10,12-16H2,(H,32,36)(H4,29,30,31)/t18-,20?,21+,23+/m1/s1. The number of Topliss-reactive ketones (excluding diaryl/α,β-unsaturated/α-hetero) is 1. The number of guanidine groups is 1. The number of amides is 2. The van der Waals surface area contributed by atoms with E-state index in [9.17, 15) is 14.4 Å². The number of hydrogen-bond acceptors (Lipinski definition) is 7. The van der Waals surface area contributed by atoms with E-state index in [1.165, 1.54) is 11.3 Å². The number of thiazole rings is 1. The normalized spacial score (nSPS) is 21.4. The molecule has 5 rings (SSSR count). The van der Waals surface area contributed by atoms with Crippen LogP contribution in [0.4, 0.5) is 0 Å². The highest BCUT2D eigenvalue weighted by molar-refractivity contribution is 8.00. The van der Waals surface area contributed by atoms with E-state index >= 15 is 0 Å². The zero-order valence-corrected chi connectivity index (χ0v) is 23.1. The number of ketones is 1. The average molecular weight is 565 g/mol. The van der Waals surface area contributed by atoms with Gasteiger partial charge in [-0.05, 0) is 49.8 Å². The maximum absolute atomic E-state index is 13.6. The minimum absolute atomic E-state index is 0.0134. The number of nitrogens with zero attached hydrogens (tertiary/aromatic N) is 3. The van der Waals surface area contributed by atoms with Crippen molar-refractivity contribution in [3.05, 3.63) is 65.2 Å². The van der Waals surface area contributed by atoms with E-state index in [0.29, 0.717) is 36.6 Å². The summed E-state index contributed by atoms with van der Waals surface area (Å²) in [6, 6.07) is 16.1. The summed E-state index contributed by atoms with van der Waals surface area (Å²) in [6.45, 7) is 0.342. The molecule has 1 unspecified atom stereocenters. The second kappa shape index (κ2) is 12.2. The Morgan fingerprint density at radius 2 is 1.87 bits per heavy atom. The first-order valence-electron chi connectivity index (χ1n) is 13.1. The van der Waals surface area contributed by atoms with Gasteiger partial charge in [0.1, 0.15) is 6.04 Å². The molecule has 1 aromatic heterocycles. The van der Waals surface area contributed by atoms with Crippen molar-refractivity contribution in [3.63, 3.8) is 0 Å². The minimum atomic E-state index is -0.795. The van der Waals surface area contributed by atoms with E-state index in [0.717, 1.165) is 28.6 Å².